The molecule has 1 amide bonds. The Labute approximate surface area is 101 Å². The number of aromatic nitrogens is 1. The van der Waals surface area contributed by atoms with E-state index in [1.807, 2.05) is 0 Å². The van der Waals surface area contributed by atoms with Gasteiger partial charge >= 0.3 is 0 Å². The minimum absolute atomic E-state index is 0.235. The Balaban J connectivity index is 2.49. The van der Waals surface area contributed by atoms with E-state index in [1.165, 1.54) is 12.3 Å². The Kier molecular flexibility index (Phi) is 5.60. The number of rotatable bonds is 6. The molecule has 0 spiro atoms. The summed E-state index contributed by atoms with van der Waals surface area (Å²) in [6, 6.07) is 2.66. The van der Waals surface area contributed by atoms with E-state index >= 15 is 0 Å². The molecule has 1 atom stereocenters. The molecule has 17 heavy (non-hydrogen) atoms. The Morgan fingerprint density at radius 1 is 1.53 bits per heavy atom. The highest BCUT2D eigenvalue weighted by Gasteiger charge is 2.10. The van der Waals surface area contributed by atoms with Crippen molar-refractivity contribution in [2.75, 3.05) is 6.54 Å². The molecule has 0 aliphatic heterocycles. The van der Waals surface area contributed by atoms with Crippen LogP contribution in [-0.2, 0) is 0 Å². The number of amides is 1. The van der Waals surface area contributed by atoms with E-state index in [1.54, 1.807) is 0 Å². The van der Waals surface area contributed by atoms with Crippen LogP contribution in [0, 0.1) is 11.9 Å². The maximum absolute atomic E-state index is 12.8. The van der Waals surface area contributed by atoms with Crippen LogP contribution in [0.25, 0.3) is 0 Å². The molecule has 0 aromatic carbocycles. The quantitative estimate of drug-likeness (QED) is 0.774. The summed E-state index contributed by atoms with van der Waals surface area (Å²) >= 11 is 0. The Morgan fingerprint density at radius 2 is 2.29 bits per heavy atom. The number of nitrogens with one attached hydrogen (secondary N) is 1. The van der Waals surface area contributed by atoms with Crippen LogP contribution in [-0.4, -0.2) is 17.4 Å². The normalized spacial score (nSPS) is 12.2. The van der Waals surface area contributed by atoms with Crippen LogP contribution in [0.1, 0.15) is 43.5 Å². The van der Waals surface area contributed by atoms with Gasteiger partial charge in [-0.1, -0.05) is 26.7 Å². The van der Waals surface area contributed by atoms with Crippen molar-refractivity contribution in [1.29, 1.82) is 0 Å². The number of hydrogen-bond donors (Lipinski definition) is 1. The van der Waals surface area contributed by atoms with Crippen LogP contribution in [0.15, 0.2) is 18.3 Å². The first-order valence-electron chi connectivity index (χ1n) is 6.07. The summed E-state index contributed by atoms with van der Waals surface area (Å²) < 4.78 is 12.8. The molecule has 1 aromatic rings. The van der Waals surface area contributed by atoms with Crippen molar-refractivity contribution in [1.82, 2.24) is 10.3 Å². The van der Waals surface area contributed by atoms with Gasteiger partial charge in [-0.05, 0) is 18.4 Å². The van der Waals surface area contributed by atoms with Crippen molar-refractivity contribution < 1.29 is 9.18 Å². The third kappa shape index (κ3) is 4.51. The standard InChI is InChI=1S/C13H19FN2O/c1-3-5-10(4-2)9-16-13(17)11-6-7-15-12(14)8-11/h6-8,10H,3-5,9H2,1-2H3,(H,16,17)/t10-/m0/s1. The fraction of sp³-hybridized carbons (Fsp3) is 0.538. The molecule has 1 rings (SSSR count). The van der Waals surface area contributed by atoms with Crippen molar-refractivity contribution in [2.24, 2.45) is 5.92 Å². The first-order chi connectivity index (χ1) is 8.17. The molecule has 3 nitrogen and oxygen atoms in total. The first kappa shape index (κ1) is 13.6. The van der Waals surface area contributed by atoms with Gasteiger partial charge in [0.15, 0.2) is 0 Å². The first-order valence-corrected chi connectivity index (χ1v) is 6.07. The van der Waals surface area contributed by atoms with Crippen molar-refractivity contribution in [3.8, 4) is 0 Å². The van der Waals surface area contributed by atoms with Gasteiger partial charge in [-0.2, -0.15) is 4.39 Å². The van der Waals surface area contributed by atoms with Crippen molar-refractivity contribution >= 4 is 5.91 Å². The number of carbonyl (C=O) groups is 1. The lowest BCUT2D eigenvalue weighted by molar-refractivity contribution is 0.0945. The second-order valence-electron chi connectivity index (χ2n) is 4.14. The van der Waals surface area contributed by atoms with E-state index < -0.39 is 5.95 Å². The SMILES string of the molecule is CCC[C@H](CC)CNC(=O)c1ccnc(F)c1. The average molecular weight is 238 g/mol. The summed E-state index contributed by atoms with van der Waals surface area (Å²) in [5.74, 6) is -0.366. The zero-order valence-electron chi connectivity index (χ0n) is 10.4. The predicted octanol–water partition coefficient (Wildman–Crippen LogP) is 2.78. The summed E-state index contributed by atoms with van der Waals surface area (Å²) in [5.41, 5.74) is 0.323. The van der Waals surface area contributed by atoms with Crippen molar-refractivity contribution in [3.63, 3.8) is 0 Å². The van der Waals surface area contributed by atoms with Gasteiger partial charge in [0.25, 0.3) is 5.91 Å². The van der Waals surface area contributed by atoms with Crippen LogP contribution in [0.2, 0.25) is 0 Å². The number of halogens is 1. The van der Waals surface area contributed by atoms with Crippen molar-refractivity contribution in [2.45, 2.75) is 33.1 Å². The minimum Gasteiger partial charge on any atom is -0.352 e. The van der Waals surface area contributed by atoms with Gasteiger partial charge in [0.05, 0.1) is 0 Å². The van der Waals surface area contributed by atoms with Gasteiger partial charge in [-0.15, -0.1) is 0 Å². The lowest BCUT2D eigenvalue weighted by Gasteiger charge is -2.14. The maximum Gasteiger partial charge on any atom is 0.251 e. The molecule has 0 bridgehead atoms. The van der Waals surface area contributed by atoms with Gasteiger partial charge < -0.3 is 5.32 Å². The van der Waals surface area contributed by atoms with Gasteiger partial charge in [-0.25, -0.2) is 4.98 Å². The molecule has 0 saturated carbocycles. The number of nitrogens with zero attached hydrogens (tertiary/aromatic N) is 1. The molecule has 0 radical (unpaired) electrons. The van der Waals surface area contributed by atoms with E-state index in [2.05, 4.69) is 24.1 Å². The molecule has 1 aromatic heterocycles. The molecule has 0 fully saturated rings. The van der Waals surface area contributed by atoms with Gasteiger partial charge in [-0.3, -0.25) is 4.79 Å². The van der Waals surface area contributed by atoms with Gasteiger partial charge in [0.1, 0.15) is 0 Å². The molecule has 0 unspecified atom stereocenters. The lowest BCUT2D eigenvalue weighted by Crippen LogP contribution is -2.29. The molecular formula is C13H19FN2O. The number of pyridine rings is 1. The van der Waals surface area contributed by atoms with Crippen LogP contribution in [0.5, 0.6) is 0 Å². The third-order valence-electron chi connectivity index (χ3n) is 2.81. The molecule has 0 aliphatic carbocycles. The fourth-order valence-corrected chi connectivity index (χ4v) is 1.74. The summed E-state index contributed by atoms with van der Waals surface area (Å²) in [4.78, 5) is 15.1. The van der Waals surface area contributed by atoms with Crippen LogP contribution >= 0.6 is 0 Å². The van der Waals surface area contributed by atoms with Crippen molar-refractivity contribution in [3.05, 3.63) is 29.8 Å². The summed E-state index contributed by atoms with van der Waals surface area (Å²) in [6.07, 6.45) is 4.55. The number of carbonyl (C=O) groups excluding carboxylic acids is 1. The van der Waals surface area contributed by atoms with Crippen LogP contribution < -0.4 is 5.32 Å². The zero-order chi connectivity index (χ0) is 12.7. The Hall–Kier alpha value is -1.45. The van der Waals surface area contributed by atoms with E-state index in [4.69, 9.17) is 0 Å². The second-order valence-corrected chi connectivity index (χ2v) is 4.14. The summed E-state index contributed by atoms with van der Waals surface area (Å²) in [6.45, 7) is 4.88. The molecule has 1 heterocycles. The van der Waals surface area contributed by atoms with Crippen LogP contribution in [0.3, 0.4) is 0 Å². The second kappa shape index (κ2) is 6.99. The summed E-state index contributed by atoms with van der Waals surface area (Å²) in [7, 11) is 0. The Bertz CT molecular complexity index is 368. The third-order valence-corrected chi connectivity index (χ3v) is 2.81. The molecule has 0 aliphatic rings. The van der Waals surface area contributed by atoms with E-state index in [0.29, 0.717) is 18.0 Å². The maximum atomic E-state index is 12.8. The summed E-state index contributed by atoms with van der Waals surface area (Å²) in [5, 5.41) is 2.83. The molecule has 0 saturated heterocycles. The van der Waals surface area contributed by atoms with Gasteiger partial charge in [0.2, 0.25) is 5.95 Å². The van der Waals surface area contributed by atoms with E-state index in [-0.39, 0.29) is 5.91 Å². The predicted molar refractivity (Wildman–Crippen MR) is 65.2 cm³/mol. The molecule has 1 N–H and O–H groups in total. The molecule has 4 heteroatoms. The van der Waals surface area contributed by atoms with Crippen LogP contribution in [0.4, 0.5) is 4.39 Å². The highest BCUT2D eigenvalue weighted by Crippen LogP contribution is 2.09. The smallest absolute Gasteiger partial charge is 0.251 e. The van der Waals surface area contributed by atoms with Gasteiger partial charge in [0, 0.05) is 24.4 Å². The highest BCUT2D eigenvalue weighted by atomic mass is 19.1. The topological polar surface area (TPSA) is 42.0 Å². The minimum atomic E-state index is -0.627. The van der Waals surface area contributed by atoms with E-state index in [0.717, 1.165) is 25.3 Å². The fourth-order valence-electron chi connectivity index (χ4n) is 1.74. The van der Waals surface area contributed by atoms with E-state index in [9.17, 15) is 9.18 Å². The lowest BCUT2D eigenvalue weighted by atomic mass is 10.0. The largest absolute Gasteiger partial charge is 0.352 e. The zero-order valence-corrected chi connectivity index (χ0v) is 10.4. The molecular weight excluding hydrogens is 219 g/mol. The highest BCUT2D eigenvalue weighted by molar-refractivity contribution is 5.93. The molecule has 94 valence electrons. The monoisotopic (exact) mass is 238 g/mol. The Morgan fingerprint density at radius 3 is 2.88 bits per heavy atom. The average Bonchev–Trinajstić information content (AvgIpc) is 2.34. The number of hydrogen-bond acceptors (Lipinski definition) is 2.